The molecular weight excluding hydrogens is 346 g/mol. The Balaban J connectivity index is 2.04. The first-order chi connectivity index (χ1) is 11.8. The molecule has 3 rings (SSSR count). The number of hydrogen-bond donors (Lipinski definition) is 4. The normalized spacial score (nSPS) is 12.0. The van der Waals surface area contributed by atoms with Crippen LogP contribution in [0.2, 0.25) is 0 Å². The zero-order valence-electron chi connectivity index (χ0n) is 12.7. The Bertz CT molecular complexity index is 1110. The number of nitrogens with zero attached hydrogens (tertiary/aromatic N) is 2. The molecule has 0 aliphatic rings. The molecule has 0 saturated carbocycles. The lowest BCUT2D eigenvalue weighted by molar-refractivity contribution is 0.473. The van der Waals surface area contributed by atoms with Crippen LogP contribution in [0.25, 0.3) is 10.8 Å². The third-order valence-corrected chi connectivity index (χ3v) is 4.35. The van der Waals surface area contributed by atoms with Gasteiger partial charge in [-0.3, -0.25) is 4.55 Å². The molecule has 0 saturated heterocycles. The zero-order chi connectivity index (χ0) is 18.2. The molecule has 8 nitrogen and oxygen atoms in total. The van der Waals surface area contributed by atoms with Crippen molar-refractivity contribution in [3.05, 3.63) is 48.5 Å². The molecule has 3 aromatic rings. The maximum atomic E-state index is 11.2. The van der Waals surface area contributed by atoms with Crippen molar-refractivity contribution in [3.8, 4) is 11.5 Å². The second-order valence-electron chi connectivity index (χ2n) is 5.24. The number of nitrogen functional groups attached to an aromatic ring is 1. The van der Waals surface area contributed by atoms with Crippen LogP contribution in [0.5, 0.6) is 11.5 Å². The number of azo groups is 1. The summed E-state index contributed by atoms with van der Waals surface area (Å²) in [7, 11) is -4.44. The number of anilines is 1. The van der Waals surface area contributed by atoms with Gasteiger partial charge in [0.05, 0.1) is 4.90 Å². The van der Waals surface area contributed by atoms with Crippen molar-refractivity contribution in [1.29, 1.82) is 0 Å². The number of aromatic hydroxyl groups is 2. The fourth-order valence-corrected chi connectivity index (χ4v) is 2.75. The van der Waals surface area contributed by atoms with Crippen molar-refractivity contribution < 1.29 is 23.2 Å². The molecule has 0 aliphatic heterocycles. The molecule has 0 bridgehead atoms. The molecule has 5 N–H and O–H groups in total. The molecular formula is C16H13N3O5S. The lowest BCUT2D eigenvalue weighted by Crippen LogP contribution is -1.96. The average molecular weight is 359 g/mol. The molecule has 0 unspecified atom stereocenters. The molecule has 0 atom stereocenters. The summed E-state index contributed by atoms with van der Waals surface area (Å²) in [5.41, 5.74) is 6.19. The molecule has 0 radical (unpaired) electrons. The number of benzene rings is 3. The quantitative estimate of drug-likeness (QED) is 0.320. The van der Waals surface area contributed by atoms with Crippen molar-refractivity contribution >= 4 is 38.0 Å². The van der Waals surface area contributed by atoms with Gasteiger partial charge in [-0.2, -0.15) is 8.42 Å². The fraction of sp³-hybridized carbons (Fsp3) is 0. The first-order valence-electron chi connectivity index (χ1n) is 6.99. The molecule has 0 heterocycles. The Hall–Kier alpha value is -3.17. The van der Waals surface area contributed by atoms with E-state index in [2.05, 4.69) is 10.2 Å². The summed E-state index contributed by atoms with van der Waals surface area (Å²) in [5.74, 6) is -0.462. The van der Waals surface area contributed by atoms with Crippen LogP contribution in [0.3, 0.4) is 0 Å². The topological polar surface area (TPSA) is 146 Å². The van der Waals surface area contributed by atoms with E-state index in [0.717, 1.165) is 18.2 Å². The van der Waals surface area contributed by atoms with Crippen LogP contribution in [0, 0.1) is 0 Å². The second-order valence-corrected chi connectivity index (χ2v) is 6.66. The van der Waals surface area contributed by atoms with Crippen molar-refractivity contribution in [2.45, 2.75) is 4.90 Å². The van der Waals surface area contributed by atoms with E-state index in [-0.39, 0.29) is 22.9 Å². The summed E-state index contributed by atoms with van der Waals surface area (Å²) >= 11 is 0. The predicted octanol–water partition coefficient (Wildman–Crippen LogP) is 3.50. The summed E-state index contributed by atoms with van der Waals surface area (Å²) in [5, 5.41) is 28.8. The molecule has 0 spiro atoms. The standard InChI is InChI=1S/C16H13N3O5S/c17-10-2-4-12-9(7-10)1-5-13(16(12)21)18-19-14-8-11(25(22,23)24)3-6-15(14)20/h1-8,20-21H,17H2,(H,22,23,24). The number of phenols is 2. The van der Waals surface area contributed by atoms with E-state index in [9.17, 15) is 18.6 Å². The van der Waals surface area contributed by atoms with E-state index >= 15 is 0 Å². The Labute approximate surface area is 142 Å². The molecule has 9 heteroatoms. The minimum atomic E-state index is -4.44. The first kappa shape index (κ1) is 16.7. The van der Waals surface area contributed by atoms with Crippen LogP contribution in [-0.2, 0) is 10.1 Å². The average Bonchev–Trinajstić information content (AvgIpc) is 2.54. The van der Waals surface area contributed by atoms with Gasteiger partial charge in [-0.15, -0.1) is 10.2 Å². The SMILES string of the molecule is Nc1ccc2c(O)c(N=Nc3cc(S(=O)(=O)O)ccc3O)ccc2c1. The number of hydrogen-bond acceptors (Lipinski definition) is 7. The van der Waals surface area contributed by atoms with Gasteiger partial charge >= 0.3 is 0 Å². The van der Waals surface area contributed by atoms with Gasteiger partial charge in [-0.05, 0) is 47.9 Å². The van der Waals surface area contributed by atoms with Gasteiger partial charge in [0.1, 0.15) is 17.1 Å². The molecule has 0 amide bonds. The van der Waals surface area contributed by atoms with Crippen molar-refractivity contribution in [3.63, 3.8) is 0 Å². The lowest BCUT2D eigenvalue weighted by atomic mass is 10.1. The third kappa shape index (κ3) is 3.37. The zero-order valence-corrected chi connectivity index (χ0v) is 13.5. The highest BCUT2D eigenvalue weighted by Gasteiger charge is 2.13. The maximum absolute atomic E-state index is 11.2. The number of rotatable bonds is 3. The van der Waals surface area contributed by atoms with Gasteiger partial charge in [0.15, 0.2) is 5.75 Å². The summed E-state index contributed by atoms with van der Waals surface area (Å²) < 4.78 is 31.3. The van der Waals surface area contributed by atoms with E-state index in [1.807, 2.05) is 0 Å². The van der Waals surface area contributed by atoms with E-state index in [1.165, 1.54) is 6.07 Å². The molecule has 0 aliphatic carbocycles. The van der Waals surface area contributed by atoms with E-state index in [4.69, 9.17) is 10.3 Å². The van der Waals surface area contributed by atoms with Gasteiger partial charge in [-0.25, -0.2) is 0 Å². The molecule has 128 valence electrons. The van der Waals surface area contributed by atoms with Crippen LogP contribution < -0.4 is 5.73 Å². The number of nitrogens with two attached hydrogens (primary N) is 1. The Kier molecular flexibility index (Phi) is 4.03. The molecule has 0 aromatic heterocycles. The maximum Gasteiger partial charge on any atom is 0.294 e. The highest BCUT2D eigenvalue weighted by atomic mass is 32.2. The minimum absolute atomic E-state index is 0.119. The molecule has 3 aromatic carbocycles. The summed E-state index contributed by atoms with van der Waals surface area (Å²) in [6.45, 7) is 0. The molecule has 25 heavy (non-hydrogen) atoms. The van der Waals surface area contributed by atoms with E-state index < -0.39 is 15.0 Å². The smallest absolute Gasteiger partial charge is 0.294 e. The highest BCUT2D eigenvalue weighted by molar-refractivity contribution is 7.85. The minimum Gasteiger partial charge on any atom is -0.506 e. The van der Waals surface area contributed by atoms with Crippen LogP contribution in [0.1, 0.15) is 0 Å². The van der Waals surface area contributed by atoms with E-state index in [1.54, 1.807) is 24.3 Å². The van der Waals surface area contributed by atoms with Crippen molar-refractivity contribution in [2.24, 2.45) is 10.2 Å². The lowest BCUT2D eigenvalue weighted by Gasteiger charge is -2.05. The van der Waals surface area contributed by atoms with Crippen LogP contribution in [0.15, 0.2) is 63.7 Å². The fourth-order valence-electron chi connectivity index (χ4n) is 2.25. The number of phenolic OH excluding ortho intramolecular Hbond substituents is 2. The Morgan fingerprint density at radius 1 is 0.880 bits per heavy atom. The van der Waals surface area contributed by atoms with Gasteiger partial charge in [0.25, 0.3) is 10.1 Å². The molecule has 0 fully saturated rings. The Morgan fingerprint density at radius 3 is 2.32 bits per heavy atom. The monoisotopic (exact) mass is 359 g/mol. The number of fused-ring (bicyclic) bond motifs is 1. The summed E-state index contributed by atoms with van der Waals surface area (Å²) in [6, 6.07) is 11.2. The largest absolute Gasteiger partial charge is 0.506 e. The van der Waals surface area contributed by atoms with Crippen molar-refractivity contribution in [1.82, 2.24) is 0 Å². The highest BCUT2D eigenvalue weighted by Crippen LogP contribution is 2.37. The second kappa shape index (κ2) is 6.04. The van der Waals surface area contributed by atoms with Crippen LogP contribution in [-0.4, -0.2) is 23.2 Å². The van der Waals surface area contributed by atoms with Gasteiger partial charge in [0.2, 0.25) is 0 Å². The first-order valence-corrected chi connectivity index (χ1v) is 8.43. The van der Waals surface area contributed by atoms with Gasteiger partial charge in [-0.1, -0.05) is 6.07 Å². The van der Waals surface area contributed by atoms with E-state index in [0.29, 0.717) is 16.5 Å². The Morgan fingerprint density at radius 2 is 1.60 bits per heavy atom. The third-order valence-electron chi connectivity index (χ3n) is 3.50. The summed E-state index contributed by atoms with van der Waals surface area (Å²) in [6.07, 6.45) is 0. The predicted molar refractivity (Wildman–Crippen MR) is 92.1 cm³/mol. The van der Waals surface area contributed by atoms with Crippen LogP contribution in [0.4, 0.5) is 17.1 Å². The van der Waals surface area contributed by atoms with Gasteiger partial charge in [0, 0.05) is 11.1 Å². The summed E-state index contributed by atoms with van der Waals surface area (Å²) in [4.78, 5) is -0.433. The van der Waals surface area contributed by atoms with Crippen LogP contribution >= 0.6 is 0 Å². The van der Waals surface area contributed by atoms with Gasteiger partial charge < -0.3 is 15.9 Å². The van der Waals surface area contributed by atoms with Crippen molar-refractivity contribution in [2.75, 3.05) is 5.73 Å².